The number of halogens is 1. The van der Waals surface area contributed by atoms with Crippen LogP contribution in [0, 0.1) is 5.92 Å². The van der Waals surface area contributed by atoms with E-state index in [1.807, 2.05) is 48.9 Å². The highest BCUT2D eigenvalue weighted by molar-refractivity contribution is 6.31. The van der Waals surface area contributed by atoms with E-state index in [9.17, 15) is 14.7 Å². The van der Waals surface area contributed by atoms with Crippen molar-refractivity contribution in [1.29, 1.82) is 0 Å². The summed E-state index contributed by atoms with van der Waals surface area (Å²) in [5.74, 6) is -1.37. The van der Waals surface area contributed by atoms with Gasteiger partial charge in [-0.2, -0.15) is 0 Å². The number of aryl methyl sites for hydroxylation is 1. The van der Waals surface area contributed by atoms with Crippen molar-refractivity contribution in [1.82, 2.24) is 9.88 Å². The van der Waals surface area contributed by atoms with E-state index in [-0.39, 0.29) is 18.2 Å². The van der Waals surface area contributed by atoms with Crippen molar-refractivity contribution < 1.29 is 14.7 Å². The molecule has 0 aliphatic heterocycles. The predicted octanol–water partition coefficient (Wildman–Crippen LogP) is 3.30. The number of benzene rings is 1. The molecule has 2 rings (SSSR count). The Bertz CT molecular complexity index is 711. The maximum absolute atomic E-state index is 12.1. The Kier molecular flexibility index (Phi) is 5.66. The molecule has 0 bridgehead atoms. The van der Waals surface area contributed by atoms with Crippen LogP contribution in [-0.4, -0.2) is 27.6 Å². The van der Waals surface area contributed by atoms with Crippen molar-refractivity contribution in [2.75, 3.05) is 0 Å². The molecule has 0 spiro atoms. The van der Waals surface area contributed by atoms with Gasteiger partial charge in [-0.25, -0.2) is 4.79 Å². The molecule has 0 aliphatic rings. The normalized spacial score (nSPS) is 13.7. The van der Waals surface area contributed by atoms with Crippen molar-refractivity contribution in [2.45, 2.75) is 39.3 Å². The molecule has 2 unspecified atom stereocenters. The van der Waals surface area contributed by atoms with Gasteiger partial charge in [0.25, 0.3) is 0 Å². The van der Waals surface area contributed by atoms with Crippen LogP contribution in [0.1, 0.15) is 26.7 Å². The molecule has 5 nitrogen and oxygen atoms in total. The first-order chi connectivity index (χ1) is 10.9. The third-order valence-corrected chi connectivity index (χ3v) is 4.35. The summed E-state index contributed by atoms with van der Waals surface area (Å²) in [6.45, 7) is 4.20. The third-order valence-electron chi connectivity index (χ3n) is 4.11. The summed E-state index contributed by atoms with van der Waals surface area (Å²) in [5.41, 5.74) is 0.960. The van der Waals surface area contributed by atoms with Gasteiger partial charge in [0.15, 0.2) is 0 Å². The minimum absolute atomic E-state index is 0.109. The van der Waals surface area contributed by atoms with Gasteiger partial charge in [0, 0.05) is 29.7 Å². The zero-order valence-electron chi connectivity index (χ0n) is 13.3. The number of amides is 1. The second-order valence-electron chi connectivity index (χ2n) is 5.73. The van der Waals surface area contributed by atoms with Gasteiger partial charge in [0.1, 0.15) is 6.04 Å². The highest BCUT2D eigenvalue weighted by Gasteiger charge is 2.25. The van der Waals surface area contributed by atoms with Crippen molar-refractivity contribution in [3.63, 3.8) is 0 Å². The number of hydrogen-bond acceptors (Lipinski definition) is 2. The number of nitrogens with zero attached hydrogens (tertiary/aromatic N) is 1. The lowest BCUT2D eigenvalue weighted by Crippen LogP contribution is -2.45. The number of fused-ring (bicyclic) bond motifs is 1. The van der Waals surface area contributed by atoms with Crippen molar-refractivity contribution in [3.8, 4) is 0 Å². The summed E-state index contributed by atoms with van der Waals surface area (Å²) in [5, 5.41) is 13.5. The predicted molar refractivity (Wildman–Crippen MR) is 90.6 cm³/mol. The van der Waals surface area contributed by atoms with E-state index < -0.39 is 12.0 Å². The van der Waals surface area contributed by atoms with Crippen molar-refractivity contribution in [3.05, 3.63) is 35.5 Å². The lowest BCUT2D eigenvalue weighted by Gasteiger charge is -2.20. The molecule has 0 fully saturated rings. The van der Waals surface area contributed by atoms with Crippen LogP contribution < -0.4 is 5.32 Å². The van der Waals surface area contributed by atoms with E-state index in [0.29, 0.717) is 18.0 Å². The topological polar surface area (TPSA) is 71.3 Å². The van der Waals surface area contributed by atoms with Gasteiger partial charge >= 0.3 is 5.97 Å². The smallest absolute Gasteiger partial charge is 0.326 e. The fourth-order valence-electron chi connectivity index (χ4n) is 2.50. The van der Waals surface area contributed by atoms with Gasteiger partial charge < -0.3 is 15.0 Å². The standard InChI is InChI=1S/C17H21ClN2O3/c1-3-11(2)16(17(22)23)19-15(21)7-9-20-8-6-12-4-5-13(18)10-14(12)20/h4-6,8,10-11,16H,3,7,9H2,1-2H3,(H,19,21)(H,22,23). The van der Waals surface area contributed by atoms with Crippen LogP contribution in [0.4, 0.5) is 0 Å². The SMILES string of the molecule is CCC(C)C(NC(=O)CCn1ccc2ccc(Cl)cc21)C(=O)O. The lowest BCUT2D eigenvalue weighted by atomic mass is 9.99. The van der Waals surface area contributed by atoms with Crippen LogP contribution in [0.15, 0.2) is 30.5 Å². The van der Waals surface area contributed by atoms with E-state index >= 15 is 0 Å². The van der Waals surface area contributed by atoms with Crippen LogP contribution in [0.5, 0.6) is 0 Å². The molecule has 2 atom stereocenters. The Morgan fingerprint density at radius 2 is 2.09 bits per heavy atom. The van der Waals surface area contributed by atoms with Gasteiger partial charge in [-0.15, -0.1) is 0 Å². The fourth-order valence-corrected chi connectivity index (χ4v) is 2.67. The summed E-state index contributed by atoms with van der Waals surface area (Å²) in [6, 6.07) is 6.72. The Hall–Kier alpha value is -2.01. The van der Waals surface area contributed by atoms with E-state index in [0.717, 1.165) is 10.9 Å². The van der Waals surface area contributed by atoms with Crippen molar-refractivity contribution >= 4 is 34.4 Å². The van der Waals surface area contributed by atoms with Crippen LogP contribution in [0.3, 0.4) is 0 Å². The van der Waals surface area contributed by atoms with Gasteiger partial charge in [0.2, 0.25) is 5.91 Å². The number of aromatic nitrogens is 1. The molecule has 0 saturated carbocycles. The van der Waals surface area contributed by atoms with Crippen LogP contribution in [0.25, 0.3) is 10.9 Å². The molecule has 6 heteroatoms. The summed E-state index contributed by atoms with van der Waals surface area (Å²) >= 11 is 6.01. The number of rotatable bonds is 7. The number of aliphatic carboxylic acids is 1. The first-order valence-corrected chi connectivity index (χ1v) is 8.06. The Morgan fingerprint density at radius 1 is 1.35 bits per heavy atom. The summed E-state index contributed by atoms with van der Waals surface area (Å²) in [6.07, 6.45) is 2.81. The molecule has 0 saturated heterocycles. The molecule has 2 N–H and O–H groups in total. The monoisotopic (exact) mass is 336 g/mol. The number of hydrogen-bond donors (Lipinski definition) is 2. The van der Waals surface area contributed by atoms with Gasteiger partial charge in [-0.1, -0.05) is 37.9 Å². The van der Waals surface area contributed by atoms with Crippen LogP contribution in [-0.2, 0) is 16.1 Å². The molecule has 0 radical (unpaired) electrons. The average molecular weight is 337 g/mol. The van der Waals surface area contributed by atoms with E-state index in [1.54, 1.807) is 0 Å². The van der Waals surface area contributed by atoms with Crippen LogP contribution in [0.2, 0.25) is 5.02 Å². The number of carboxylic acids is 1. The number of carbonyl (C=O) groups is 2. The largest absolute Gasteiger partial charge is 0.480 e. The first kappa shape index (κ1) is 17.3. The minimum atomic E-state index is -0.995. The Morgan fingerprint density at radius 3 is 2.74 bits per heavy atom. The van der Waals surface area contributed by atoms with Gasteiger partial charge in [0.05, 0.1) is 0 Å². The summed E-state index contributed by atoms with van der Waals surface area (Å²) < 4.78 is 1.94. The highest BCUT2D eigenvalue weighted by atomic mass is 35.5. The molecule has 2 aromatic rings. The molecule has 0 aliphatic carbocycles. The van der Waals surface area contributed by atoms with Crippen molar-refractivity contribution in [2.24, 2.45) is 5.92 Å². The Balaban J connectivity index is 2.00. The third kappa shape index (κ3) is 4.26. The quantitative estimate of drug-likeness (QED) is 0.815. The molecule has 1 aromatic heterocycles. The minimum Gasteiger partial charge on any atom is -0.480 e. The summed E-state index contributed by atoms with van der Waals surface area (Å²) in [4.78, 5) is 23.3. The second kappa shape index (κ2) is 7.51. The molecule has 1 aromatic carbocycles. The Labute approximate surface area is 140 Å². The van der Waals surface area contributed by atoms with Crippen LogP contribution >= 0.6 is 11.6 Å². The van der Waals surface area contributed by atoms with E-state index in [1.165, 1.54) is 0 Å². The molecular weight excluding hydrogens is 316 g/mol. The maximum atomic E-state index is 12.1. The number of carboxylic acid groups (broad SMARTS) is 1. The van der Waals surface area contributed by atoms with Gasteiger partial charge in [-0.05, 0) is 29.5 Å². The molecule has 1 heterocycles. The molecule has 1 amide bonds. The number of nitrogens with one attached hydrogen (secondary N) is 1. The fraction of sp³-hybridized carbons (Fsp3) is 0.412. The zero-order valence-corrected chi connectivity index (χ0v) is 14.0. The average Bonchev–Trinajstić information content (AvgIpc) is 2.91. The van der Waals surface area contributed by atoms with Gasteiger partial charge in [-0.3, -0.25) is 4.79 Å². The molecular formula is C17H21ClN2O3. The zero-order chi connectivity index (χ0) is 17.0. The first-order valence-electron chi connectivity index (χ1n) is 7.69. The summed E-state index contributed by atoms with van der Waals surface area (Å²) in [7, 11) is 0. The van der Waals surface area contributed by atoms with E-state index in [2.05, 4.69) is 5.32 Å². The highest BCUT2D eigenvalue weighted by Crippen LogP contribution is 2.20. The van der Waals surface area contributed by atoms with E-state index in [4.69, 9.17) is 11.6 Å². The number of carbonyl (C=O) groups excluding carboxylic acids is 1. The lowest BCUT2D eigenvalue weighted by molar-refractivity contribution is -0.143. The second-order valence-corrected chi connectivity index (χ2v) is 6.17. The molecule has 23 heavy (non-hydrogen) atoms. The maximum Gasteiger partial charge on any atom is 0.326 e. The molecule has 124 valence electrons.